The molecule has 0 amide bonds. The lowest BCUT2D eigenvalue weighted by Gasteiger charge is -2.32. The Morgan fingerprint density at radius 1 is 1.00 bits per heavy atom. The molecule has 0 atom stereocenters. The number of ether oxygens (including phenoxy) is 1. The molecule has 4 nitrogen and oxygen atoms in total. The van der Waals surface area contributed by atoms with Crippen LogP contribution in [0.5, 0.6) is 0 Å². The van der Waals surface area contributed by atoms with Crippen LogP contribution in [-0.2, 0) is 14.0 Å². The predicted octanol–water partition coefficient (Wildman–Crippen LogP) is 2.09. The van der Waals surface area contributed by atoms with Crippen molar-refractivity contribution in [3.63, 3.8) is 0 Å². The highest BCUT2D eigenvalue weighted by Crippen LogP contribution is 2.36. The van der Waals surface area contributed by atoms with E-state index < -0.39 is 0 Å². The van der Waals surface area contributed by atoms with E-state index in [1.54, 1.807) is 0 Å². The van der Waals surface area contributed by atoms with E-state index in [-0.39, 0.29) is 30.7 Å². The summed E-state index contributed by atoms with van der Waals surface area (Å²) in [6.45, 7) is 12.6. The molecule has 0 N–H and O–H groups in total. The van der Waals surface area contributed by atoms with Gasteiger partial charge in [-0.1, -0.05) is 24.0 Å². The summed E-state index contributed by atoms with van der Waals surface area (Å²) in [6, 6.07) is 8.15. The molecule has 0 unspecified atom stereocenters. The van der Waals surface area contributed by atoms with E-state index in [9.17, 15) is 0 Å². The summed E-state index contributed by atoms with van der Waals surface area (Å²) in [6.07, 6.45) is 0. The van der Waals surface area contributed by atoms with Gasteiger partial charge in [0.25, 0.3) is 0 Å². The maximum absolute atomic E-state index is 6.07. The van der Waals surface area contributed by atoms with Gasteiger partial charge in [0.05, 0.1) is 31.0 Å². The molecule has 3 rings (SSSR count). The van der Waals surface area contributed by atoms with Gasteiger partial charge in [-0.05, 0) is 45.3 Å². The van der Waals surface area contributed by atoms with Crippen LogP contribution in [0, 0.1) is 11.8 Å². The number of hydrogen-bond acceptors (Lipinski definition) is 4. The molecule has 0 radical (unpaired) electrons. The normalized spacial score (nSPS) is 22.0. The second-order valence-electron chi connectivity index (χ2n) is 7.40. The molecule has 2 heterocycles. The van der Waals surface area contributed by atoms with Gasteiger partial charge in [-0.25, -0.2) is 0 Å². The molecule has 2 fully saturated rings. The molecular weight excluding hydrogens is 336 g/mol. The molecule has 2 saturated heterocycles. The fourth-order valence-corrected chi connectivity index (χ4v) is 2.72. The molecule has 0 saturated carbocycles. The lowest BCUT2D eigenvalue weighted by Crippen LogP contribution is -2.41. The number of benzene rings is 1. The lowest BCUT2D eigenvalue weighted by molar-refractivity contribution is 0.00578. The van der Waals surface area contributed by atoms with Crippen LogP contribution in [0.1, 0.15) is 33.3 Å². The first-order chi connectivity index (χ1) is 11.4. The molecule has 136 valence electrons. The minimum atomic E-state index is -0.314. The average Bonchev–Trinajstić information content (AvgIpc) is 2.77. The van der Waals surface area contributed by atoms with Gasteiger partial charge in [0.2, 0.25) is 0 Å². The summed E-state index contributed by atoms with van der Waals surface area (Å²) in [5.41, 5.74) is 1.43. The van der Waals surface area contributed by atoms with Gasteiger partial charge in [0, 0.05) is 18.7 Å². The highest BCUT2D eigenvalue weighted by atomic mass is 35.5. The van der Waals surface area contributed by atoms with E-state index in [1.165, 1.54) is 0 Å². The molecule has 0 spiro atoms. The average molecular weight is 364 g/mol. The van der Waals surface area contributed by atoms with Gasteiger partial charge in [-0.3, -0.25) is 4.90 Å². The van der Waals surface area contributed by atoms with Crippen molar-refractivity contribution in [3.8, 4) is 11.8 Å². The minimum Gasteiger partial charge on any atom is -0.399 e. The Morgan fingerprint density at radius 2 is 1.56 bits per heavy atom. The van der Waals surface area contributed by atoms with Crippen LogP contribution < -0.4 is 5.46 Å². The number of rotatable bonds is 2. The Balaban J connectivity index is 0.00000225. The third kappa shape index (κ3) is 4.78. The molecule has 2 aliphatic heterocycles. The van der Waals surface area contributed by atoms with Crippen LogP contribution in [0.2, 0.25) is 0 Å². The second-order valence-corrected chi connectivity index (χ2v) is 7.40. The topological polar surface area (TPSA) is 30.9 Å². The zero-order valence-corrected chi connectivity index (χ0v) is 16.3. The molecule has 1 aromatic carbocycles. The van der Waals surface area contributed by atoms with E-state index in [4.69, 9.17) is 14.0 Å². The Bertz CT molecular complexity index is 614. The third-order valence-corrected chi connectivity index (χ3v) is 5.08. The van der Waals surface area contributed by atoms with Crippen molar-refractivity contribution in [2.75, 3.05) is 32.8 Å². The molecule has 25 heavy (non-hydrogen) atoms. The maximum Gasteiger partial charge on any atom is 0.494 e. The standard InChI is InChI=1S/C19H26BNO3.ClH/c1-18(2)19(3,4)24-20(23-18)17-9-7-16(8-10-17)6-5-11-21-12-14-22-15-13-21;/h7-10H,11-15H2,1-4H3;1H. The summed E-state index contributed by atoms with van der Waals surface area (Å²) in [5.74, 6) is 6.47. The molecule has 1 aromatic rings. The molecule has 0 bridgehead atoms. The Labute approximate surface area is 157 Å². The number of morpholine rings is 1. The number of nitrogens with zero attached hydrogens (tertiary/aromatic N) is 1. The summed E-state index contributed by atoms with van der Waals surface area (Å²) in [5, 5.41) is 0. The third-order valence-electron chi connectivity index (χ3n) is 5.08. The summed E-state index contributed by atoms with van der Waals surface area (Å²) < 4.78 is 17.5. The summed E-state index contributed by atoms with van der Waals surface area (Å²) in [7, 11) is -0.314. The highest BCUT2D eigenvalue weighted by Gasteiger charge is 2.51. The predicted molar refractivity (Wildman–Crippen MR) is 104 cm³/mol. The van der Waals surface area contributed by atoms with Crippen LogP contribution >= 0.6 is 12.4 Å². The van der Waals surface area contributed by atoms with E-state index in [0.717, 1.165) is 43.9 Å². The van der Waals surface area contributed by atoms with Crippen molar-refractivity contribution >= 4 is 25.0 Å². The molecular formula is C19H27BClNO3. The Hall–Kier alpha value is -1.03. The van der Waals surface area contributed by atoms with Crippen LogP contribution in [0.25, 0.3) is 0 Å². The lowest BCUT2D eigenvalue weighted by atomic mass is 9.79. The Kier molecular flexibility index (Phi) is 6.59. The van der Waals surface area contributed by atoms with Crippen LogP contribution in [-0.4, -0.2) is 56.1 Å². The first kappa shape index (κ1) is 20.3. The fraction of sp³-hybridized carbons (Fsp3) is 0.579. The first-order valence-electron chi connectivity index (χ1n) is 8.62. The first-order valence-corrected chi connectivity index (χ1v) is 8.62. The second kappa shape index (κ2) is 8.12. The molecule has 6 heteroatoms. The van der Waals surface area contributed by atoms with E-state index >= 15 is 0 Å². The van der Waals surface area contributed by atoms with Crippen molar-refractivity contribution in [1.29, 1.82) is 0 Å². The largest absolute Gasteiger partial charge is 0.494 e. The van der Waals surface area contributed by atoms with Gasteiger partial charge >= 0.3 is 7.12 Å². The van der Waals surface area contributed by atoms with Gasteiger partial charge < -0.3 is 14.0 Å². The zero-order valence-electron chi connectivity index (χ0n) is 15.5. The Morgan fingerprint density at radius 3 is 2.12 bits per heavy atom. The summed E-state index contributed by atoms with van der Waals surface area (Å²) in [4.78, 5) is 2.31. The SMILES string of the molecule is CC1(C)OB(c2ccc(C#CCN3CCOCC3)cc2)OC1(C)C.Cl. The molecule has 0 aliphatic carbocycles. The van der Waals surface area contributed by atoms with Crippen LogP contribution in [0.4, 0.5) is 0 Å². The molecule has 0 aromatic heterocycles. The van der Waals surface area contributed by atoms with Gasteiger partial charge in [0.1, 0.15) is 0 Å². The van der Waals surface area contributed by atoms with E-state index in [0.29, 0.717) is 0 Å². The van der Waals surface area contributed by atoms with E-state index in [2.05, 4.69) is 44.4 Å². The van der Waals surface area contributed by atoms with Crippen LogP contribution in [0.3, 0.4) is 0 Å². The van der Waals surface area contributed by atoms with Gasteiger partial charge in [-0.15, -0.1) is 12.4 Å². The van der Waals surface area contributed by atoms with Crippen molar-refractivity contribution in [2.45, 2.75) is 38.9 Å². The fourth-order valence-electron chi connectivity index (χ4n) is 2.72. The maximum atomic E-state index is 6.07. The van der Waals surface area contributed by atoms with Crippen molar-refractivity contribution < 1.29 is 14.0 Å². The quantitative estimate of drug-likeness (QED) is 0.595. The minimum absolute atomic E-state index is 0. The van der Waals surface area contributed by atoms with E-state index in [1.807, 2.05) is 24.3 Å². The van der Waals surface area contributed by atoms with Gasteiger partial charge in [0.15, 0.2) is 0 Å². The van der Waals surface area contributed by atoms with Gasteiger partial charge in [-0.2, -0.15) is 0 Å². The highest BCUT2D eigenvalue weighted by molar-refractivity contribution is 6.62. The number of halogens is 1. The molecule has 2 aliphatic rings. The van der Waals surface area contributed by atoms with Crippen molar-refractivity contribution in [1.82, 2.24) is 4.90 Å². The monoisotopic (exact) mass is 363 g/mol. The van der Waals surface area contributed by atoms with Crippen molar-refractivity contribution in [3.05, 3.63) is 29.8 Å². The zero-order chi connectivity index (χ0) is 17.2. The summed E-state index contributed by atoms with van der Waals surface area (Å²) >= 11 is 0. The van der Waals surface area contributed by atoms with Crippen LogP contribution in [0.15, 0.2) is 24.3 Å². The van der Waals surface area contributed by atoms with Crippen molar-refractivity contribution in [2.24, 2.45) is 0 Å². The number of hydrogen-bond donors (Lipinski definition) is 0. The smallest absolute Gasteiger partial charge is 0.399 e.